The van der Waals surface area contributed by atoms with E-state index in [0.29, 0.717) is 29.6 Å². The van der Waals surface area contributed by atoms with Crippen molar-refractivity contribution in [3.05, 3.63) is 95.4 Å². The Morgan fingerprint density at radius 2 is 1.40 bits per heavy atom. The Labute approximate surface area is 206 Å². The van der Waals surface area contributed by atoms with Crippen LogP contribution < -0.4 is 14.4 Å². The van der Waals surface area contributed by atoms with Crippen molar-refractivity contribution in [3.63, 3.8) is 0 Å². The Hall–Kier alpha value is -4.54. The highest BCUT2D eigenvalue weighted by molar-refractivity contribution is 7.17. The monoisotopic (exact) mass is 480 g/mol. The number of anilines is 3. The lowest BCUT2D eigenvalue weighted by molar-refractivity contribution is -0.132. The lowest BCUT2D eigenvalue weighted by Gasteiger charge is -2.25. The predicted molar refractivity (Wildman–Crippen MR) is 137 cm³/mol. The molecule has 172 valence electrons. The molecule has 7 heteroatoms. The second-order valence-corrected chi connectivity index (χ2v) is 8.73. The molecule has 1 N–H and O–H groups in total. The van der Waals surface area contributed by atoms with Crippen LogP contribution in [0.15, 0.2) is 90.5 Å². The van der Waals surface area contributed by atoms with Crippen LogP contribution in [0.25, 0.3) is 16.5 Å². The number of rotatable bonds is 6. The molecule has 0 saturated carbocycles. The standard InChI is InChI=1S/C28H20N2O4S/c29-18-20(28(31)32)17-24-25-26(34-16-15-33-25)27(35-24)19-11-13-23(14-12-19)30(21-7-3-1-4-8-21)22-9-5-2-6-10-22/h1-14,17H,15-16H2,(H,31,32)/b20-17+. The normalized spacial score (nSPS) is 12.6. The number of ether oxygens (including phenoxy) is 2. The van der Waals surface area contributed by atoms with E-state index in [1.807, 2.05) is 60.7 Å². The fourth-order valence-electron chi connectivity index (χ4n) is 3.89. The molecule has 1 aromatic heterocycles. The first-order valence-electron chi connectivity index (χ1n) is 10.9. The van der Waals surface area contributed by atoms with Crippen LogP contribution in [0.1, 0.15) is 4.88 Å². The van der Waals surface area contributed by atoms with Crippen LogP contribution in [0.3, 0.4) is 0 Å². The summed E-state index contributed by atoms with van der Waals surface area (Å²) in [6, 6.07) is 30.1. The molecule has 0 atom stereocenters. The lowest BCUT2D eigenvalue weighted by Crippen LogP contribution is -2.15. The minimum Gasteiger partial charge on any atom is -0.485 e. The Morgan fingerprint density at radius 1 is 0.857 bits per heavy atom. The van der Waals surface area contributed by atoms with Gasteiger partial charge in [-0.2, -0.15) is 5.26 Å². The summed E-state index contributed by atoms with van der Waals surface area (Å²) in [4.78, 5) is 14.9. The summed E-state index contributed by atoms with van der Waals surface area (Å²) in [5.41, 5.74) is 3.64. The van der Waals surface area contributed by atoms with E-state index >= 15 is 0 Å². The maximum absolute atomic E-state index is 11.4. The van der Waals surface area contributed by atoms with Gasteiger partial charge in [-0.05, 0) is 48.0 Å². The summed E-state index contributed by atoms with van der Waals surface area (Å²) in [7, 11) is 0. The van der Waals surface area contributed by atoms with Crippen molar-refractivity contribution in [2.24, 2.45) is 0 Å². The van der Waals surface area contributed by atoms with E-state index in [9.17, 15) is 15.2 Å². The van der Waals surface area contributed by atoms with Gasteiger partial charge in [0, 0.05) is 17.1 Å². The van der Waals surface area contributed by atoms with Crippen molar-refractivity contribution in [1.29, 1.82) is 5.26 Å². The van der Waals surface area contributed by atoms with E-state index < -0.39 is 5.97 Å². The van der Waals surface area contributed by atoms with Crippen molar-refractivity contribution < 1.29 is 19.4 Å². The number of para-hydroxylation sites is 2. The van der Waals surface area contributed by atoms with Gasteiger partial charge in [0.15, 0.2) is 11.5 Å². The van der Waals surface area contributed by atoms with Gasteiger partial charge in [0.2, 0.25) is 0 Å². The van der Waals surface area contributed by atoms with E-state index in [2.05, 4.69) is 29.2 Å². The van der Waals surface area contributed by atoms with Crippen molar-refractivity contribution in [1.82, 2.24) is 0 Å². The quantitative estimate of drug-likeness (QED) is 0.246. The number of thiophene rings is 1. The van der Waals surface area contributed by atoms with Crippen molar-refractivity contribution in [2.75, 3.05) is 18.1 Å². The molecule has 0 radical (unpaired) electrons. The molecule has 3 aromatic carbocycles. The number of carboxylic acid groups (broad SMARTS) is 1. The Kier molecular flexibility index (Phi) is 6.20. The third kappa shape index (κ3) is 4.47. The van der Waals surface area contributed by atoms with E-state index in [4.69, 9.17) is 9.47 Å². The highest BCUT2D eigenvalue weighted by atomic mass is 32.1. The van der Waals surface area contributed by atoms with E-state index in [0.717, 1.165) is 27.5 Å². The topological polar surface area (TPSA) is 82.8 Å². The highest BCUT2D eigenvalue weighted by Gasteiger charge is 2.25. The third-order valence-corrected chi connectivity index (χ3v) is 6.62. The van der Waals surface area contributed by atoms with Crippen LogP contribution in [-0.4, -0.2) is 24.3 Å². The molecule has 0 fully saturated rings. The van der Waals surface area contributed by atoms with Gasteiger partial charge < -0.3 is 19.5 Å². The molecule has 1 aliphatic rings. The van der Waals surface area contributed by atoms with Crippen LogP contribution in [0.4, 0.5) is 17.1 Å². The maximum atomic E-state index is 11.4. The Bertz CT molecular complexity index is 1380. The second kappa shape index (κ2) is 9.75. The van der Waals surface area contributed by atoms with Crippen LogP contribution in [0, 0.1) is 11.3 Å². The molecule has 1 aliphatic heterocycles. The number of hydrogen-bond acceptors (Lipinski definition) is 6. The Morgan fingerprint density at radius 3 is 1.94 bits per heavy atom. The van der Waals surface area contributed by atoms with Gasteiger partial charge in [0.1, 0.15) is 24.9 Å². The van der Waals surface area contributed by atoms with Gasteiger partial charge in [-0.25, -0.2) is 4.79 Å². The number of benzene rings is 3. The van der Waals surface area contributed by atoms with Gasteiger partial charge in [0.05, 0.1) is 9.75 Å². The summed E-state index contributed by atoms with van der Waals surface area (Å²) in [6.07, 6.45) is 1.34. The highest BCUT2D eigenvalue weighted by Crippen LogP contribution is 2.50. The number of fused-ring (bicyclic) bond motifs is 1. The molecule has 2 heterocycles. The van der Waals surface area contributed by atoms with Crippen LogP contribution in [-0.2, 0) is 4.79 Å². The molecular weight excluding hydrogens is 460 g/mol. The predicted octanol–water partition coefficient (Wildman–Crippen LogP) is 6.65. The van der Waals surface area contributed by atoms with Gasteiger partial charge in [0.25, 0.3) is 0 Å². The SMILES string of the molecule is N#C/C(=C\c1sc(-c2ccc(N(c3ccccc3)c3ccccc3)cc2)c2c1OCCO2)C(=O)O. The van der Waals surface area contributed by atoms with Gasteiger partial charge in [-0.1, -0.05) is 48.5 Å². The number of nitriles is 1. The van der Waals surface area contributed by atoms with Crippen molar-refractivity contribution >= 4 is 40.4 Å². The fraction of sp³-hybridized carbons (Fsp3) is 0.0714. The smallest absolute Gasteiger partial charge is 0.346 e. The summed E-state index contributed by atoms with van der Waals surface area (Å²) in [5.74, 6) is -0.227. The molecule has 0 spiro atoms. The molecule has 0 saturated heterocycles. The number of nitrogens with zero attached hydrogens (tertiary/aromatic N) is 2. The largest absolute Gasteiger partial charge is 0.485 e. The summed E-state index contributed by atoms with van der Waals surface area (Å²) >= 11 is 1.34. The van der Waals surface area contributed by atoms with Gasteiger partial charge in [-0.3, -0.25) is 0 Å². The van der Waals surface area contributed by atoms with E-state index in [1.54, 1.807) is 6.07 Å². The summed E-state index contributed by atoms with van der Waals surface area (Å²) in [5, 5.41) is 18.5. The molecule has 0 aliphatic carbocycles. The lowest BCUT2D eigenvalue weighted by atomic mass is 10.1. The first-order valence-corrected chi connectivity index (χ1v) is 11.8. The fourth-order valence-corrected chi connectivity index (χ4v) is 5.03. The zero-order chi connectivity index (χ0) is 24.2. The minimum absolute atomic E-state index is 0.355. The zero-order valence-corrected chi connectivity index (χ0v) is 19.4. The molecule has 5 rings (SSSR count). The summed E-state index contributed by atoms with van der Waals surface area (Å²) in [6.45, 7) is 0.763. The average Bonchev–Trinajstić information content (AvgIpc) is 3.27. The summed E-state index contributed by atoms with van der Waals surface area (Å²) < 4.78 is 11.7. The van der Waals surface area contributed by atoms with E-state index in [-0.39, 0.29) is 5.57 Å². The zero-order valence-electron chi connectivity index (χ0n) is 18.5. The average molecular weight is 481 g/mol. The molecular formula is C28H20N2O4S. The van der Waals surface area contributed by atoms with Gasteiger partial charge in [-0.15, -0.1) is 11.3 Å². The van der Waals surface area contributed by atoms with Crippen molar-refractivity contribution in [2.45, 2.75) is 0 Å². The number of carboxylic acids is 1. The minimum atomic E-state index is -1.28. The molecule has 0 unspecified atom stereocenters. The van der Waals surface area contributed by atoms with Crippen LogP contribution in [0.5, 0.6) is 11.5 Å². The van der Waals surface area contributed by atoms with Crippen molar-refractivity contribution in [3.8, 4) is 28.0 Å². The molecule has 6 nitrogen and oxygen atoms in total. The number of aliphatic carboxylic acids is 1. The molecule has 0 amide bonds. The van der Waals surface area contributed by atoms with Gasteiger partial charge >= 0.3 is 5.97 Å². The first-order chi connectivity index (χ1) is 17.2. The second-order valence-electron chi connectivity index (χ2n) is 7.68. The molecule has 4 aromatic rings. The van der Waals surface area contributed by atoms with Crippen LogP contribution in [0.2, 0.25) is 0 Å². The third-order valence-electron chi connectivity index (χ3n) is 5.47. The van der Waals surface area contributed by atoms with Crippen LogP contribution >= 0.6 is 11.3 Å². The maximum Gasteiger partial charge on any atom is 0.346 e. The number of carbonyl (C=O) groups is 1. The number of hydrogen-bond donors (Lipinski definition) is 1. The first kappa shape index (κ1) is 22.3. The molecule has 0 bridgehead atoms. The molecule has 35 heavy (non-hydrogen) atoms. The van der Waals surface area contributed by atoms with E-state index in [1.165, 1.54) is 17.4 Å². The Balaban J connectivity index is 1.56.